The van der Waals surface area contributed by atoms with Crippen molar-refractivity contribution in [1.29, 1.82) is 0 Å². The van der Waals surface area contributed by atoms with Crippen LogP contribution in [0.4, 0.5) is 5.69 Å². The van der Waals surface area contributed by atoms with Gasteiger partial charge < -0.3 is 4.43 Å². The molecule has 1 aromatic carbocycles. The summed E-state index contributed by atoms with van der Waals surface area (Å²) in [7, 11) is -1.17. The molecule has 0 aliphatic rings. The number of rotatable bonds is 4. The number of hydrogen-bond donors (Lipinski definition) is 0. The number of aliphatic imine (C=N–C) groups is 1. The third kappa shape index (κ3) is 3.51. The molecule has 0 fully saturated rings. The lowest BCUT2D eigenvalue weighted by Gasteiger charge is -2.14. The zero-order valence-electron chi connectivity index (χ0n) is 12.3. The zero-order chi connectivity index (χ0) is 14.5. The number of aryl methyl sites for hydroxylation is 1. The van der Waals surface area contributed by atoms with Crippen LogP contribution in [0.25, 0.3) is 0 Å². The molecule has 2 rings (SSSR count). The summed E-state index contributed by atoms with van der Waals surface area (Å²) in [6.07, 6.45) is 5.04. The van der Waals surface area contributed by atoms with Crippen molar-refractivity contribution in [2.45, 2.75) is 26.9 Å². The van der Waals surface area contributed by atoms with E-state index in [1.807, 2.05) is 32.0 Å². The average Bonchev–Trinajstić information content (AvgIpc) is 2.43. The Bertz CT molecular complexity index is 612. The first-order chi connectivity index (χ1) is 9.58. The van der Waals surface area contributed by atoms with Crippen molar-refractivity contribution < 1.29 is 4.43 Å². The largest absolute Gasteiger partial charge is 0.545 e. The number of nitrogens with zero attached hydrogens (tertiary/aromatic N) is 3. The predicted octanol–water partition coefficient (Wildman–Crippen LogP) is 3.29. The number of hydrogen-bond acceptors (Lipinski definition) is 4. The van der Waals surface area contributed by atoms with E-state index in [-0.39, 0.29) is 0 Å². The van der Waals surface area contributed by atoms with E-state index < -0.39 is 9.04 Å². The van der Waals surface area contributed by atoms with Crippen molar-refractivity contribution in [1.82, 2.24) is 9.97 Å². The summed E-state index contributed by atoms with van der Waals surface area (Å²) in [5.74, 6) is 0.886. The molecule has 0 saturated heterocycles. The average molecular weight is 285 g/mol. The van der Waals surface area contributed by atoms with Crippen LogP contribution in [0.2, 0.25) is 13.1 Å². The van der Waals surface area contributed by atoms with Crippen molar-refractivity contribution >= 4 is 20.4 Å². The van der Waals surface area contributed by atoms with Crippen LogP contribution in [-0.2, 0) is 0 Å². The van der Waals surface area contributed by atoms with E-state index in [9.17, 15) is 0 Å². The second-order valence-corrected chi connectivity index (χ2v) is 7.21. The molecule has 1 aromatic heterocycles. The number of aromatic nitrogens is 2. The molecule has 0 aliphatic carbocycles. The van der Waals surface area contributed by atoms with Gasteiger partial charge in [-0.1, -0.05) is 12.1 Å². The summed E-state index contributed by atoms with van der Waals surface area (Å²) >= 11 is 0. The van der Waals surface area contributed by atoms with Gasteiger partial charge in [-0.3, -0.25) is 9.97 Å². The van der Waals surface area contributed by atoms with E-state index >= 15 is 0 Å². The lowest BCUT2D eigenvalue weighted by molar-refractivity contribution is 0.577. The van der Waals surface area contributed by atoms with Gasteiger partial charge in [0.15, 0.2) is 0 Å². The highest BCUT2D eigenvalue weighted by atomic mass is 28.3. The maximum atomic E-state index is 6.01. The van der Waals surface area contributed by atoms with Crippen molar-refractivity contribution in [3.05, 3.63) is 48.0 Å². The van der Waals surface area contributed by atoms with E-state index in [0.717, 1.165) is 28.4 Å². The smallest absolute Gasteiger partial charge is 0.229 e. The van der Waals surface area contributed by atoms with Crippen molar-refractivity contribution in [3.63, 3.8) is 0 Å². The SMILES string of the molecule is CC(=Nc1cccc(C)c1O[SiH](C)C)c1cnccn1. The Labute approximate surface area is 121 Å². The molecular weight excluding hydrogens is 266 g/mol. The van der Waals surface area contributed by atoms with Gasteiger partial charge in [0.1, 0.15) is 17.1 Å². The Morgan fingerprint density at radius 3 is 2.70 bits per heavy atom. The summed E-state index contributed by atoms with van der Waals surface area (Å²) in [4.78, 5) is 13.0. The Hall–Kier alpha value is -2.01. The molecule has 0 atom stereocenters. The number of para-hydroxylation sites is 1. The molecule has 0 saturated carbocycles. The van der Waals surface area contributed by atoms with Crippen LogP contribution in [0.5, 0.6) is 5.75 Å². The Morgan fingerprint density at radius 2 is 2.05 bits per heavy atom. The minimum atomic E-state index is -1.17. The first kappa shape index (κ1) is 14.4. The maximum Gasteiger partial charge on any atom is 0.229 e. The zero-order valence-corrected chi connectivity index (χ0v) is 13.4. The molecule has 0 bridgehead atoms. The van der Waals surface area contributed by atoms with E-state index in [2.05, 4.69) is 28.1 Å². The van der Waals surface area contributed by atoms with Gasteiger partial charge in [0.05, 0.1) is 11.9 Å². The van der Waals surface area contributed by atoms with Gasteiger partial charge in [0, 0.05) is 12.4 Å². The molecule has 104 valence electrons. The lowest BCUT2D eigenvalue weighted by Crippen LogP contribution is -2.12. The summed E-state index contributed by atoms with van der Waals surface area (Å²) in [5.41, 5.74) is 3.58. The highest BCUT2D eigenvalue weighted by molar-refractivity contribution is 6.49. The second-order valence-electron chi connectivity index (χ2n) is 4.88. The standard InChI is InChI=1S/C15H19N3OSi/c1-11-6-5-7-13(15(11)19-20(3)4)18-12(2)14-10-16-8-9-17-14/h5-10,20H,1-4H3. The fourth-order valence-corrected chi connectivity index (χ4v) is 2.62. The molecule has 0 amide bonds. The molecule has 0 aliphatic heterocycles. The Kier molecular flexibility index (Phi) is 4.63. The maximum absolute atomic E-state index is 6.01. The second kappa shape index (κ2) is 6.43. The van der Waals surface area contributed by atoms with Crippen LogP contribution in [0.3, 0.4) is 0 Å². The molecule has 0 radical (unpaired) electrons. The fraction of sp³-hybridized carbons (Fsp3) is 0.267. The molecule has 0 N–H and O–H groups in total. The van der Waals surface area contributed by atoms with E-state index in [0.29, 0.717) is 0 Å². The van der Waals surface area contributed by atoms with Crippen LogP contribution < -0.4 is 4.43 Å². The Balaban J connectivity index is 2.40. The molecule has 0 spiro atoms. The molecule has 20 heavy (non-hydrogen) atoms. The molecule has 4 nitrogen and oxygen atoms in total. The monoisotopic (exact) mass is 285 g/mol. The van der Waals surface area contributed by atoms with Gasteiger partial charge in [-0.25, -0.2) is 4.99 Å². The predicted molar refractivity (Wildman–Crippen MR) is 84.6 cm³/mol. The van der Waals surface area contributed by atoms with E-state index in [4.69, 9.17) is 4.43 Å². The van der Waals surface area contributed by atoms with Crippen molar-refractivity contribution in [2.75, 3.05) is 0 Å². The highest BCUT2D eigenvalue weighted by Gasteiger charge is 2.09. The molecule has 0 unspecified atom stereocenters. The van der Waals surface area contributed by atoms with Gasteiger partial charge in [-0.15, -0.1) is 0 Å². The highest BCUT2D eigenvalue weighted by Crippen LogP contribution is 2.32. The minimum Gasteiger partial charge on any atom is -0.545 e. The van der Waals surface area contributed by atoms with Crippen LogP contribution in [0.1, 0.15) is 18.2 Å². The van der Waals surface area contributed by atoms with Gasteiger partial charge in [0.2, 0.25) is 9.04 Å². The van der Waals surface area contributed by atoms with Gasteiger partial charge >= 0.3 is 0 Å². The first-order valence-corrected chi connectivity index (χ1v) is 9.44. The summed E-state index contributed by atoms with van der Waals surface area (Å²) < 4.78 is 6.01. The van der Waals surface area contributed by atoms with Gasteiger partial charge in [0.25, 0.3) is 0 Å². The first-order valence-electron chi connectivity index (χ1n) is 6.66. The molecule has 5 heteroatoms. The number of benzene rings is 1. The van der Waals surface area contributed by atoms with Gasteiger partial charge in [-0.2, -0.15) is 0 Å². The van der Waals surface area contributed by atoms with Crippen molar-refractivity contribution in [3.8, 4) is 5.75 Å². The summed E-state index contributed by atoms with van der Waals surface area (Å²) in [6, 6.07) is 6.01. The lowest BCUT2D eigenvalue weighted by atomic mass is 10.2. The van der Waals surface area contributed by atoms with E-state index in [1.165, 1.54) is 0 Å². The van der Waals surface area contributed by atoms with Crippen LogP contribution in [-0.4, -0.2) is 24.7 Å². The van der Waals surface area contributed by atoms with Crippen molar-refractivity contribution in [2.24, 2.45) is 4.99 Å². The molecular formula is C15H19N3OSi. The van der Waals surface area contributed by atoms with Crippen LogP contribution in [0.15, 0.2) is 41.8 Å². The summed E-state index contributed by atoms with van der Waals surface area (Å²) in [6.45, 7) is 8.27. The molecule has 1 heterocycles. The summed E-state index contributed by atoms with van der Waals surface area (Å²) in [5, 5.41) is 0. The van der Waals surface area contributed by atoms with Crippen LogP contribution >= 0.6 is 0 Å². The fourth-order valence-electron chi connectivity index (χ4n) is 1.84. The van der Waals surface area contributed by atoms with Crippen LogP contribution in [0, 0.1) is 6.92 Å². The Morgan fingerprint density at radius 1 is 1.25 bits per heavy atom. The van der Waals surface area contributed by atoms with Gasteiger partial charge in [-0.05, 0) is 38.6 Å². The quantitative estimate of drug-likeness (QED) is 0.639. The van der Waals surface area contributed by atoms with E-state index in [1.54, 1.807) is 18.6 Å². The topological polar surface area (TPSA) is 47.4 Å². The third-order valence-electron chi connectivity index (χ3n) is 2.77. The minimum absolute atomic E-state index is 0.779. The third-order valence-corrected chi connectivity index (χ3v) is 3.47. The normalized spacial score (nSPS) is 11.8. The molecule has 2 aromatic rings.